The molecule has 2 unspecified atom stereocenters. The lowest BCUT2D eigenvalue weighted by Gasteiger charge is -2.51. The number of amides is 1. The normalized spacial score (nSPS) is 28.7. The van der Waals surface area contributed by atoms with Crippen molar-refractivity contribution in [1.82, 2.24) is 9.88 Å². The number of ketones is 1. The van der Waals surface area contributed by atoms with Crippen molar-refractivity contribution in [2.45, 2.75) is 88.6 Å². The Labute approximate surface area is 275 Å². The summed E-state index contributed by atoms with van der Waals surface area (Å²) < 4.78 is 84.0. The second kappa shape index (κ2) is 13.3. The highest BCUT2D eigenvalue weighted by atomic mass is 32.2. The van der Waals surface area contributed by atoms with Gasteiger partial charge in [-0.15, -0.1) is 0 Å². The van der Waals surface area contributed by atoms with E-state index in [-0.39, 0.29) is 41.0 Å². The van der Waals surface area contributed by atoms with Gasteiger partial charge in [0.25, 0.3) is 0 Å². The minimum Gasteiger partial charge on any atom is -0.616 e. The summed E-state index contributed by atoms with van der Waals surface area (Å²) in [6.07, 6.45) is 0.483. The Morgan fingerprint density at radius 3 is 2.51 bits per heavy atom. The molecule has 6 atom stereocenters. The van der Waals surface area contributed by atoms with Crippen LogP contribution in [0.1, 0.15) is 86.8 Å². The zero-order chi connectivity index (χ0) is 33.6. The fraction of sp³-hybridized carbons (Fsp3) is 0.629. The first kappa shape index (κ1) is 34.1. The molecule has 6 rings (SSSR count). The molecule has 0 spiro atoms. The second-order valence-corrected chi connectivity index (χ2v) is 15.7. The van der Waals surface area contributed by atoms with Crippen LogP contribution in [0.3, 0.4) is 0 Å². The van der Waals surface area contributed by atoms with Gasteiger partial charge in [-0.3, -0.25) is 9.78 Å². The largest absolute Gasteiger partial charge is 0.616 e. The third-order valence-corrected chi connectivity index (χ3v) is 12.9. The minimum atomic E-state index is -5.63. The van der Waals surface area contributed by atoms with E-state index >= 15 is 0 Å². The number of fused-ring (bicyclic) bond motifs is 5. The lowest BCUT2D eigenvalue weighted by atomic mass is 9.53. The lowest BCUT2D eigenvalue weighted by molar-refractivity contribution is -0.284. The number of likely N-dealkylation sites (tertiary alicyclic amines) is 1. The highest BCUT2D eigenvalue weighted by molar-refractivity contribution is 7.91. The molecule has 0 radical (unpaired) electrons. The molecule has 0 bridgehead atoms. The highest BCUT2D eigenvalue weighted by Gasteiger charge is 2.58. The van der Waals surface area contributed by atoms with Crippen LogP contribution in [-0.2, 0) is 22.4 Å². The number of rotatable bonds is 8. The van der Waals surface area contributed by atoms with E-state index in [2.05, 4.69) is 4.98 Å². The van der Waals surface area contributed by atoms with Gasteiger partial charge in [-0.1, -0.05) is 24.2 Å². The van der Waals surface area contributed by atoms with Gasteiger partial charge in [0.15, 0.2) is 0 Å². The number of halogens is 5. The number of piperidine rings is 1. The topological polar surface area (TPSA) is 82.6 Å². The zero-order valence-corrected chi connectivity index (χ0v) is 27.3. The Balaban J connectivity index is 1.15. The van der Waals surface area contributed by atoms with Gasteiger partial charge in [-0.2, -0.15) is 22.0 Å². The van der Waals surface area contributed by atoms with Gasteiger partial charge in [0, 0.05) is 49.7 Å². The standard InChI is InChI=1S/C35H41F5N2O4S/c1-33-13-7-28-27-4-3-26(46-32(44)42-16-10-23(11-17-42)22-8-14-41-15-9-22)20-24(27)19-25(31(28)29(33)5-6-30(33)43)21-47(45)18-2-12-34(36,37)35(38,39)40/h3-4,8-9,14-15,20,23,25,28-29,31H,2,5-7,10-13,16-19,21H2,1H3/t25-,28+,29-,31?,33-,47?/m0/s1. The van der Waals surface area contributed by atoms with E-state index in [1.807, 2.05) is 37.3 Å². The summed E-state index contributed by atoms with van der Waals surface area (Å²) in [5, 5.41) is 0. The van der Waals surface area contributed by atoms with Crippen molar-refractivity contribution in [2.75, 3.05) is 24.6 Å². The predicted octanol–water partition coefficient (Wildman–Crippen LogP) is 7.84. The van der Waals surface area contributed by atoms with Gasteiger partial charge in [0.05, 0.1) is 0 Å². The van der Waals surface area contributed by atoms with Crippen LogP contribution < -0.4 is 4.74 Å². The Hall–Kier alpha value is -2.73. The number of alkyl halides is 5. The number of hydrogen-bond acceptors (Lipinski definition) is 5. The number of nitrogens with zero attached hydrogens (tertiary/aromatic N) is 2. The molecular weight excluding hydrogens is 639 g/mol. The molecule has 3 fully saturated rings. The molecule has 2 heterocycles. The maximum Gasteiger partial charge on any atom is 0.453 e. The van der Waals surface area contributed by atoms with Crippen LogP contribution in [0.5, 0.6) is 5.75 Å². The molecule has 0 N–H and O–H groups in total. The van der Waals surface area contributed by atoms with Crippen LogP contribution in [-0.4, -0.2) is 63.0 Å². The van der Waals surface area contributed by atoms with E-state index < -0.39 is 47.6 Å². The number of benzene rings is 1. The maximum absolute atomic E-state index is 13.5. The summed E-state index contributed by atoms with van der Waals surface area (Å²) in [4.78, 5) is 31.9. The summed E-state index contributed by atoms with van der Waals surface area (Å²) in [7, 11) is 0. The van der Waals surface area contributed by atoms with E-state index in [4.69, 9.17) is 4.74 Å². The van der Waals surface area contributed by atoms with Gasteiger partial charge >= 0.3 is 18.2 Å². The molecule has 6 nitrogen and oxygen atoms in total. The number of aromatic nitrogens is 1. The average Bonchev–Trinajstić information content (AvgIpc) is 3.34. The Morgan fingerprint density at radius 2 is 1.81 bits per heavy atom. The molecule has 4 aliphatic rings. The lowest BCUT2D eigenvalue weighted by Crippen LogP contribution is -2.47. The monoisotopic (exact) mass is 680 g/mol. The van der Waals surface area contributed by atoms with E-state index in [1.165, 1.54) is 5.56 Å². The smallest absolute Gasteiger partial charge is 0.453 e. The Morgan fingerprint density at radius 1 is 1.09 bits per heavy atom. The van der Waals surface area contributed by atoms with Crippen molar-refractivity contribution in [3.8, 4) is 5.75 Å². The number of Topliss-reactive ketones (excluding diaryl/α,β-unsaturated/α-hetero) is 1. The van der Waals surface area contributed by atoms with E-state index in [1.54, 1.807) is 17.3 Å². The summed E-state index contributed by atoms with van der Waals surface area (Å²) in [6, 6.07) is 9.67. The van der Waals surface area contributed by atoms with Crippen LogP contribution in [0.4, 0.5) is 26.7 Å². The average molecular weight is 681 g/mol. The van der Waals surface area contributed by atoms with Crippen molar-refractivity contribution < 1.29 is 40.8 Å². The first-order valence-electron chi connectivity index (χ1n) is 16.6. The molecule has 1 amide bonds. The fourth-order valence-corrected chi connectivity index (χ4v) is 10.3. The first-order chi connectivity index (χ1) is 22.3. The van der Waals surface area contributed by atoms with Crippen LogP contribution in [0.25, 0.3) is 0 Å². The summed E-state index contributed by atoms with van der Waals surface area (Å²) in [5.41, 5.74) is 2.83. The molecule has 256 valence electrons. The first-order valence-corrected chi connectivity index (χ1v) is 18.1. The quantitative estimate of drug-likeness (QED) is 0.210. The number of pyridine rings is 1. The highest BCUT2D eigenvalue weighted by Crippen LogP contribution is 2.61. The van der Waals surface area contributed by atoms with Gasteiger partial charge < -0.3 is 14.2 Å². The number of hydrogen-bond donors (Lipinski definition) is 0. The van der Waals surface area contributed by atoms with Crippen LogP contribution in [0.2, 0.25) is 0 Å². The predicted molar refractivity (Wildman–Crippen MR) is 167 cm³/mol. The van der Waals surface area contributed by atoms with Crippen molar-refractivity contribution in [1.29, 1.82) is 0 Å². The maximum atomic E-state index is 13.5. The van der Waals surface area contributed by atoms with E-state index in [9.17, 15) is 36.1 Å². The van der Waals surface area contributed by atoms with Gasteiger partial charge in [-0.05, 0) is 110 Å². The van der Waals surface area contributed by atoms with Crippen LogP contribution in [0, 0.1) is 23.2 Å². The molecule has 2 aromatic rings. The Kier molecular flexibility index (Phi) is 9.66. The molecule has 1 aromatic carbocycles. The molecular formula is C35H41F5N2O4S. The van der Waals surface area contributed by atoms with Crippen molar-refractivity contribution in [3.63, 3.8) is 0 Å². The second-order valence-electron chi connectivity index (χ2n) is 14.1. The summed E-state index contributed by atoms with van der Waals surface area (Å²) >= 11 is -1.62. The van der Waals surface area contributed by atoms with Gasteiger partial charge in [-0.25, -0.2) is 4.79 Å². The zero-order valence-electron chi connectivity index (χ0n) is 26.4. The third-order valence-electron chi connectivity index (χ3n) is 11.4. The molecule has 2 saturated carbocycles. The SMILES string of the molecule is C[C@]12CC[C@@H]3c4ccc(OC(=O)N5CCC(c6ccncc6)CC5)cc4C[C@@H](C[S+]([O-])CCCC(F)(F)C(F)(F)F)C3[C@@H]1CCC2=O. The van der Waals surface area contributed by atoms with Crippen molar-refractivity contribution >= 4 is 23.1 Å². The third kappa shape index (κ3) is 6.91. The fourth-order valence-electron chi connectivity index (χ4n) is 8.88. The molecule has 12 heteroatoms. The van der Waals surface area contributed by atoms with E-state index in [0.717, 1.165) is 43.2 Å². The molecule has 47 heavy (non-hydrogen) atoms. The molecule has 1 saturated heterocycles. The van der Waals surface area contributed by atoms with Crippen molar-refractivity contribution in [3.05, 3.63) is 59.4 Å². The minimum absolute atomic E-state index is 0.0448. The molecule has 1 aliphatic heterocycles. The Bertz CT molecular complexity index is 1450. The van der Waals surface area contributed by atoms with E-state index in [0.29, 0.717) is 37.6 Å². The van der Waals surface area contributed by atoms with Crippen LogP contribution in [0.15, 0.2) is 42.7 Å². The number of carbonyl (C=O) groups excluding carboxylic acids is 2. The molecule has 1 aromatic heterocycles. The van der Waals surface area contributed by atoms with Crippen LogP contribution >= 0.6 is 0 Å². The van der Waals surface area contributed by atoms with Gasteiger partial charge in [0.1, 0.15) is 23.0 Å². The summed E-state index contributed by atoms with van der Waals surface area (Å²) in [5.74, 6) is -3.81. The number of ether oxygens (including phenoxy) is 1. The molecule has 3 aliphatic carbocycles. The van der Waals surface area contributed by atoms with Crippen molar-refractivity contribution in [2.24, 2.45) is 23.2 Å². The van der Waals surface area contributed by atoms with Gasteiger partial charge in [0.2, 0.25) is 0 Å². The summed E-state index contributed by atoms with van der Waals surface area (Å²) in [6.45, 7) is 3.17. The number of carbonyl (C=O) groups is 2.